The second-order valence-electron chi connectivity index (χ2n) is 7.33. The molecule has 7 nitrogen and oxygen atoms in total. The number of nitrogens with one attached hydrogen (secondary N) is 1. The van der Waals surface area contributed by atoms with E-state index in [0.29, 0.717) is 23.8 Å². The smallest absolute Gasteiger partial charge is 0.267 e. The molecule has 1 saturated heterocycles. The molecule has 162 valence electrons. The van der Waals surface area contributed by atoms with Gasteiger partial charge in [-0.1, -0.05) is 35.4 Å². The maximum Gasteiger partial charge on any atom is 0.267 e. The monoisotopic (exact) mass is 458 g/mol. The Balaban J connectivity index is 1.64. The molecule has 1 fully saturated rings. The molecular formula is C22H23ClN4O3S. The van der Waals surface area contributed by atoms with Crippen molar-refractivity contribution in [2.45, 2.75) is 18.7 Å². The molecule has 0 saturated carbocycles. The van der Waals surface area contributed by atoms with Gasteiger partial charge < -0.3 is 10.2 Å². The van der Waals surface area contributed by atoms with E-state index in [1.54, 1.807) is 47.4 Å². The maximum absolute atomic E-state index is 12.8. The topological polar surface area (TPSA) is 93.5 Å². The van der Waals surface area contributed by atoms with Gasteiger partial charge in [-0.2, -0.15) is 9.57 Å². The van der Waals surface area contributed by atoms with Gasteiger partial charge in [0.05, 0.1) is 4.90 Å². The van der Waals surface area contributed by atoms with Gasteiger partial charge in [-0.15, -0.1) is 0 Å². The van der Waals surface area contributed by atoms with E-state index in [9.17, 15) is 18.5 Å². The lowest BCUT2D eigenvalue weighted by atomic mass is 10.2. The minimum absolute atomic E-state index is 0.0634. The van der Waals surface area contributed by atoms with Crippen LogP contribution >= 0.6 is 11.6 Å². The molecule has 1 aliphatic rings. The van der Waals surface area contributed by atoms with Crippen LogP contribution in [0.3, 0.4) is 0 Å². The van der Waals surface area contributed by atoms with Crippen LogP contribution in [0.15, 0.2) is 59.1 Å². The Morgan fingerprint density at radius 3 is 2.32 bits per heavy atom. The van der Waals surface area contributed by atoms with Gasteiger partial charge >= 0.3 is 0 Å². The molecular weight excluding hydrogens is 436 g/mol. The summed E-state index contributed by atoms with van der Waals surface area (Å²) >= 11 is 6.08. The van der Waals surface area contributed by atoms with Gasteiger partial charge in [0.1, 0.15) is 11.6 Å². The van der Waals surface area contributed by atoms with Gasteiger partial charge in [-0.3, -0.25) is 4.79 Å². The molecule has 0 aromatic heterocycles. The van der Waals surface area contributed by atoms with Crippen LogP contribution in [0.1, 0.15) is 11.1 Å². The van der Waals surface area contributed by atoms with Crippen molar-refractivity contribution < 1.29 is 13.2 Å². The first kappa shape index (κ1) is 22.8. The largest absolute Gasteiger partial charge is 0.373 e. The van der Waals surface area contributed by atoms with Crippen molar-refractivity contribution in [2.75, 3.05) is 31.5 Å². The average Bonchev–Trinajstić information content (AvgIpc) is 2.75. The first-order valence-electron chi connectivity index (χ1n) is 9.71. The predicted octanol–water partition coefficient (Wildman–Crippen LogP) is 3.31. The number of hydrogen-bond acceptors (Lipinski definition) is 5. The Morgan fingerprint density at radius 2 is 1.74 bits per heavy atom. The van der Waals surface area contributed by atoms with E-state index in [1.807, 2.05) is 19.9 Å². The van der Waals surface area contributed by atoms with Crippen LogP contribution < -0.4 is 5.32 Å². The fraction of sp³-hybridized carbons (Fsp3) is 0.273. The zero-order chi connectivity index (χ0) is 22.6. The minimum atomic E-state index is -3.57. The number of anilines is 1. The van der Waals surface area contributed by atoms with E-state index in [1.165, 1.54) is 10.5 Å². The number of hydrogen-bond donors (Lipinski definition) is 1. The number of aryl methyl sites for hydroxylation is 2. The zero-order valence-electron chi connectivity index (χ0n) is 17.3. The maximum atomic E-state index is 12.8. The fourth-order valence-electron chi connectivity index (χ4n) is 3.12. The second kappa shape index (κ2) is 9.52. The highest BCUT2D eigenvalue weighted by molar-refractivity contribution is 7.89. The Kier molecular flexibility index (Phi) is 7.01. The first-order valence-corrected chi connectivity index (χ1v) is 11.5. The summed E-state index contributed by atoms with van der Waals surface area (Å²) in [6.07, 6.45) is 1.47. The Hall–Kier alpha value is -2.86. The van der Waals surface area contributed by atoms with Gasteiger partial charge in [0.15, 0.2) is 0 Å². The molecule has 2 aromatic carbocycles. The van der Waals surface area contributed by atoms with Crippen molar-refractivity contribution >= 4 is 33.2 Å². The lowest BCUT2D eigenvalue weighted by Crippen LogP contribution is -2.46. The van der Waals surface area contributed by atoms with Gasteiger partial charge in [-0.05, 0) is 43.7 Å². The predicted molar refractivity (Wildman–Crippen MR) is 120 cm³/mol. The summed E-state index contributed by atoms with van der Waals surface area (Å²) in [5, 5.41) is 12.6. The SMILES string of the molecule is Cc1ccc(S(=O)(=O)N2CCN(/C=C(/C#N)C(=O)Nc3ccc(C)c(Cl)c3)CC2)cc1. The van der Waals surface area contributed by atoms with Crippen molar-refractivity contribution in [3.05, 3.63) is 70.4 Å². The Morgan fingerprint density at radius 1 is 1.10 bits per heavy atom. The average molecular weight is 459 g/mol. The molecule has 2 aromatic rings. The molecule has 31 heavy (non-hydrogen) atoms. The van der Waals surface area contributed by atoms with Crippen LogP contribution in [-0.2, 0) is 14.8 Å². The van der Waals surface area contributed by atoms with Crippen molar-refractivity contribution in [3.8, 4) is 6.07 Å². The number of carbonyl (C=O) groups excluding carboxylic acids is 1. The molecule has 1 amide bonds. The third kappa shape index (κ3) is 5.44. The number of nitrogens with zero attached hydrogens (tertiary/aromatic N) is 3. The van der Waals surface area contributed by atoms with Crippen LogP contribution in [0.5, 0.6) is 0 Å². The molecule has 0 aliphatic carbocycles. The summed E-state index contributed by atoms with van der Waals surface area (Å²) in [6, 6.07) is 13.8. The summed E-state index contributed by atoms with van der Waals surface area (Å²) in [5.41, 5.74) is 2.31. The first-order chi connectivity index (χ1) is 14.7. The number of halogens is 1. The van der Waals surface area contributed by atoms with Gasteiger partial charge in [0, 0.05) is 43.1 Å². The van der Waals surface area contributed by atoms with Crippen molar-refractivity contribution in [1.82, 2.24) is 9.21 Å². The molecule has 1 aliphatic heterocycles. The third-order valence-electron chi connectivity index (χ3n) is 5.04. The molecule has 1 heterocycles. The number of carbonyl (C=O) groups is 1. The third-order valence-corrected chi connectivity index (χ3v) is 7.36. The standard InChI is InChI=1S/C22H23ClN4O3S/c1-16-3-7-20(8-4-16)31(29,30)27-11-9-26(10-12-27)15-18(14-24)22(28)25-19-6-5-17(2)21(23)13-19/h3-8,13,15H,9-12H2,1-2H3,(H,25,28)/b18-15-. The lowest BCUT2D eigenvalue weighted by Gasteiger charge is -2.33. The van der Waals surface area contributed by atoms with Crippen molar-refractivity contribution in [1.29, 1.82) is 5.26 Å². The Bertz CT molecular complexity index is 1150. The highest BCUT2D eigenvalue weighted by Crippen LogP contribution is 2.21. The van der Waals surface area contributed by atoms with Crippen LogP contribution in [0.25, 0.3) is 0 Å². The van der Waals surface area contributed by atoms with Gasteiger partial charge in [0.25, 0.3) is 5.91 Å². The number of amides is 1. The van der Waals surface area contributed by atoms with E-state index < -0.39 is 15.9 Å². The lowest BCUT2D eigenvalue weighted by molar-refractivity contribution is -0.112. The molecule has 0 bridgehead atoms. The number of piperazine rings is 1. The number of nitriles is 1. The number of benzene rings is 2. The number of sulfonamides is 1. The minimum Gasteiger partial charge on any atom is -0.373 e. The quantitative estimate of drug-likeness (QED) is 0.548. The van der Waals surface area contributed by atoms with E-state index in [-0.39, 0.29) is 23.6 Å². The normalized spacial score (nSPS) is 15.4. The molecule has 9 heteroatoms. The van der Waals surface area contributed by atoms with Gasteiger partial charge in [-0.25, -0.2) is 8.42 Å². The number of rotatable bonds is 5. The zero-order valence-corrected chi connectivity index (χ0v) is 18.9. The molecule has 1 N–H and O–H groups in total. The fourth-order valence-corrected chi connectivity index (χ4v) is 4.72. The summed E-state index contributed by atoms with van der Waals surface area (Å²) in [5.74, 6) is -0.544. The van der Waals surface area contributed by atoms with Crippen molar-refractivity contribution in [3.63, 3.8) is 0 Å². The summed E-state index contributed by atoms with van der Waals surface area (Å²) < 4.78 is 27.0. The summed E-state index contributed by atoms with van der Waals surface area (Å²) in [7, 11) is -3.57. The van der Waals surface area contributed by atoms with E-state index in [2.05, 4.69) is 5.32 Å². The highest BCUT2D eigenvalue weighted by Gasteiger charge is 2.28. The molecule has 0 radical (unpaired) electrons. The van der Waals surface area contributed by atoms with Crippen LogP contribution in [0, 0.1) is 25.2 Å². The Labute approximate surface area is 187 Å². The second-order valence-corrected chi connectivity index (χ2v) is 9.67. The summed E-state index contributed by atoms with van der Waals surface area (Å²) in [6.45, 7) is 5.03. The molecule has 0 atom stereocenters. The van der Waals surface area contributed by atoms with E-state index in [0.717, 1.165) is 11.1 Å². The van der Waals surface area contributed by atoms with Crippen LogP contribution in [0.2, 0.25) is 5.02 Å². The summed E-state index contributed by atoms with van der Waals surface area (Å²) in [4.78, 5) is 14.5. The van der Waals surface area contributed by atoms with Crippen molar-refractivity contribution in [2.24, 2.45) is 0 Å². The molecule has 3 rings (SSSR count). The van der Waals surface area contributed by atoms with E-state index in [4.69, 9.17) is 11.6 Å². The van der Waals surface area contributed by atoms with Crippen LogP contribution in [-0.4, -0.2) is 49.7 Å². The van der Waals surface area contributed by atoms with Gasteiger partial charge in [0.2, 0.25) is 10.0 Å². The van der Waals surface area contributed by atoms with E-state index >= 15 is 0 Å². The molecule has 0 spiro atoms. The molecule has 0 unspecified atom stereocenters. The van der Waals surface area contributed by atoms with Crippen LogP contribution in [0.4, 0.5) is 5.69 Å². The highest BCUT2D eigenvalue weighted by atomic mass is 35.5.